The first kappa shape index (κ1) is 11.8. The molecule has 1 aromatic rings. The molecule has 7 nitrogen and oxygen atoms in total. The molecule has 0 radical (unpaired) electrons. The van der Waals surface area contributed by atoms with Crippen LogP contribution in [0.15, 0.2) is 28.9 Å². The molecule has 0 amide bonds. The minimum atomic E-state index is -0.709. The Morgan fingerprint density at radius 3 is 2.78 bits per heavy atom. The summed E-state index contributed by atoms with van der Waals surface area (Å²) in [5.41, 5.74) is -0.311. The number of hydrogen-bond donors (Lipinski definition) is 1. The van der Waals surface area contributed by atoms with Gasteiger partial charge >= 0.3 is 11.7 Å². The van der Waals surface area contributed by atoms with Crippen molar-refractivity contribution in [1.29, 1.82) is 0 Å². The molecule has 0 saturated carbocycles. The Kier molecular flexibility index (Phi) is 2.80. The second-order valence-electron chi connectivity index (χ2n) is 3.52. The molecule has 7 heteroatoms. The van der Waals surface area contributed by atoms with Crippen LogP contribution < -0.4 is 0 Å². The minimum Gasteiger partial charge on any atom is -0.502 e. The zero-order chi connectivity index (χ0) is 13.3. The molecule has 1 aliphatic rings. The van der Waals surface area contributed by atoms with Gasteiger partial charge in [0.25, 0.3) is 0 Å². The molecule has 1 N–H and O–H groups in total. The molecule has 0 atom stereocenters. The fourth-order valence-corrected chi connectivity index (χ4v) is 1.48. The van der Waals surface area contributed by atoms with Gasteiger partial charge in [0.05, 0.1) is 4.92 Å². The van der Waals surface area contributed by atoms with Gasteiger partial charge in [-0.3, -0.25) is 10.1 Å². The molecule has 2 rings (SSSR count). The van der Waals surface area contributed by atoms with Crippen LogP contribution in [0.5, 0.6) is 5.75 Å². The molecule has 18 heavy (non-hydrogen) atoms. The number of aliphatic imine (C=N–C) groups is 1. The lowest BCUT2D eigenvalue weighted by Crippen LogP contribution is -2.00. The summed E-state index contributed by atoms with van der Waals surface area (Å²) in [4.78, 5) is 25.0. The van der Waals surface area contributed by atoms with Crippen LogP contribution in [0.3, 0.4) is 0 Å². The Morgan fingerprint density at radius 1 is 1.50 bits per heavy atom. The van der Waals surface area contributed by atoms with E-state index in [1.165, 1.54) is 31.2 Å². The van der Waals surface area contributed by atoms with Gasteiger partial charge < -0.3 is 9.84 Å². The first-order valence-corrected chi connectivity index (χ1v) is 4.94. The van der Waals surface area contributed by atoms with Gasteiger partial charge in [0.1, 0.15) is 0 Å². The number of cyclic esters (lactones) is 1. The SMILES string of the molecule is CC1=N/C(=C\c2cccc([N+](=O)[O-])c2O)C(=O)O1. The van der Waals surface area contributed by atoms with E-state index in [-0.39, 0.29) is 17.2 Å². The van der Waals surface area contributed by atoms with Gasteiger partial charge in [-0.2, -0.15) is 0 Å². The zero-order valence-corrected chi connectivity index (χ0v) is 9.28. The molecule has 0 aliphatic carbocycles. The third kappa shape index (κ3) is 2.05. The van der Waals surface area contributed by atoms with Crippen molar-refractivity contribution in [3.8, 4) is 5.75 Å². The van der Waals surface area contributed by atoms with Gasteiger partial charge in [-0.15, -0.1) is 0 Å². The number of nitrogens with zero attached hydrogens (tertiary/aromatic N) is 2. The number of aromatic hydroxyl groups is 1. The molecule has 1 aromatic carbocycles. The van der Waals surface area contributed by atoms with Gasteiger partial charge in [-0.25, -0.2) is 9.79 Å². The lowest BCUT2D eigenvalue weighted by molar-refractivity contribution is -0.385. The lowest BCUT2D eigenvalue weighted by atomic mass is 10.1. The standard InChI is InChI=1S/C11H8N2O5/c1-6-12-8(11(15)18-6)5-7-3-2-4-9(10(7)14)13(16)17/h2-5,14H,1H3/b8-5-. The highest BCUT2D eigenvalue weighted by molar-refractivity contribution is 6.06. The molecule has 1 heterocycles. The summed E-state index contributed by atoms with van der Waals surface area (Å²) in [6.45, 7) is 1.51. The molecule has 0 spiro atoms. The molecule has 0 unspecified atom stereocenters. The van der Waals surface area contributed by atoms with Crippen molar-refractivity contribution in [2.45, 2.75) is 6.92 Å². The van der Waals surface area contributed by atoms with Crippen LogP contribution in [0.2, 0.25) is 0 Å². The van der Waals surface area contributed by atoms with E-state index >= 15 is 0 Å². The quantitative estimate of drug-likeness (QED) is 0.370. The van der Waals surface area contributed by atoms with Crippen LogP contribution in [-0.4, -0.2) is 21.9 Å². The number of esters is 1. The molecule has 92 valence electrons. The van der Waals surface area contributed by atoms with Gasteiger partial charge in [-0.1, -0.05) is 12.1 Å². The summed E-state index contributed by atoms with van der Waals surface area (Å²) in [5.74, 6) is -0.975. The van der Waals surface area contributed by atoms with Gasteiger partial charge in [0.15, 0.2) is 11.6 Å². The Balaban J connectivity index is 2.48. The van der Waals surface area contributed by atoms with Gasteiger partial charge in [0.2, 0.25) is 5.75 Å². The molecule has 0 saturated heterocycles. The van der Waals surface area contributed by atoms with Crippen molar-refractivity contribution in [3.05, 3.63) is 39.6 Å². The smallest absolute Gasteiger partial charge is 0.363 e. The average molecular weight is 248 g/mol. The predicted molar refractivity (Wildman–Crippen MR) is 61.9 cm³/mol. The second kappa shape index (κ2) is 4.28. The van der Waals surface area contributed by atoms with Crippen LogP contribution in [0.25, 0.3) is 6.08 Å². The van der Waals surface area contributed by atoms with E-state index < -0.39 is 22.3 Å². The number of benzene rings is 1. The number of hydrogen-bond acceptors (Lipinski definition) is 6. The largest absolute Gasteiger partial charge is 0.502 e. The van der Waals surface area contributed by atoms with Crippen LogP contribution >= 0.6 is 0 Å². The summed E-state index contributed by atoms with van der Waals surface area (Å²) in [7, 11) is 0. The van der Waals surface area contributed by atoms with Crippen LogP contribution in [0.4, 0.5) is 5.69 Å². The Labute approximate surface area is 101 Å². The fraction of sp³-hybridized carbons (Fsp3) is 0.0909. The third-order valence-corrected chi connectivity index (χ3v) is 2.26. The van der Waals surface area contributed by atoms with Crippen molar-refractivity contribution in [1.82, 2.24) is 0 Å². The maximum atomic E-state index is 11.3. The van der Waals surface area contributed by atoms with Crippen LogP contribution in [-0.2, 0) is 9.53 Å². The monoisotopic (exact) mass is 248 g/mol. The number of nitro groups is 1. The number of phenols is 1. The fourth-order valence-electron chi connectivity index (χ4n) is 1.48. The minimum absolute atomic E-state index is 0.0108. The Hall–Kier alpha value is -2.70. The number of para-hydroxylation sites is 1. The van der Waals surface area contributed by atoms with Crippen LogP contribution in [0, 0.1) is 10.1 Å². The zero-order valence-electron chi connectivity index (χ0n) is 9.28. The van der Waals surface area contributed by atoms with E-state index in [1.54, 1.807) is 0 Å². The maximum Gasteiger partial charge on any atom is 0.363 e. The summed E-state index contributed by atoms with van der Waals surface area (Å²) >= 11 is 0. The van der Waals surface area contributed by atoms with Crippen molar-refractivity contribution >= 4 is 23.6 Å². The van der Waals surface area contributed by atoms with E-state index in [2.05, 4.69) is 4.99 Å². The molecule has 1 aliphatic heterocycles. The average Bonchev–Trinajstić information content (AvgIpc) is 2.60. The van der Waals surface area contributed by atoms with E-state index in [9.17, 15) is 20.0 Å². The Morgan fingerprint density at radius 2 is 2.22 bits per heavy atom. The summed E-state index contributed by atoms with van der Waals surface area (Å²) < 4.78 is 4.69. The van der Waals surface area contributed by atoms with Gasteiger partial charge in [0, 0.05) is 18.6 Å². The predicted octanol–water partition coefficient (Wildman–Crippen LogP) is 1.62. The number of carbonyl (C=O) groups excluding carboxylic acids is 1. The number of nitro benzene ring substituents is 1. The number of rotatable bonds is 2. The summed E-state index contributed by atoms with van der Waals surface area (Å²) in [6, 6.07) is 4.01. The highest BCUT2D eigenvalue weighted by atomic mass is 16.6. The van der Waals surface area contributed by atoms with Crippen LogP contribution in [0.1, 0.15) is 12.5 Å². The van der Waals surface area contributed by atoms with Gasteiger partial charge in [-0.05, 0) is 6.08 Å². The lowest BCUT2D eigenvalue weighted by Gasteiger charge is -1.99. The van der Waals surface area contributed by atoms with E-state index in [0.717, 1.165) is 0 Å². The van der Waals surface area contributed by atoms with Crippen molar-refractivity contribution < 1.29 is 19.6 Å². The normalized spacial score (nSPS) is 16.6. The third-order valence-electron chi connectivity index (χ3n) is 2.26. The number of ether oxygens (including phenoxy) is 1. The highest BCUT2D eigenvalue weighted by Crippen LogP contribution is 2.31. The van der Waals surface area contributed by atoms with Crippen molar-refractivity contribution in [3.63, 3.8) is 0 Å². The summed E-state index contributed by atoms with van der Waals surface area (Å²) in [6.07, 6.45) is 1.24. The van der Waals surface area contributed by atoms with E-state index in [1.807, 2.05) is 0 Å². The van der Waals surface area contributed by atoms with E-state index in [4.69, 9.17) is 4.74 Å². The highest BCUT2D eigenvalue weighted by Gasteiger charge is 2.22. The topological polar surface area (TPSA) is 102 Å². The number of phenolic OH excluding ortho intramolecular Hbond substituents is 1. The Bertz CT molecular complexity index is 603. The second-order valence-corrected chi connectivity index (χ2v) is 3.52. The molecular formula is C11H8N2O5. The molecule has 0 bridgehead atoms. The molecule has 0 fully saturated rings. The first-order chi connectivity index (χ1) is 8.49. The number of carbonyl (C=O) groups is 1. The van der Waals surface area contributed by atoms with E-state index in [0.29, 0.717) is 0 Å². The molecular weight excluding hydrogens is 240 g/mol. The summed E-state index contributed by atoms with van der Waals surface area (Å²) in [5, 5.41) is 20.3. The first-order valence-electron chi connectivity index (χ1n) is 4.94. The molecule has 0 aromatic heterocycles. The van der Waals surface area contributed by atoms with Crippen molar-refractivity contribution in [2.24, 2.45) is 4.99 Å². The van der Waals surface area contributed by atoms with Crippen molar-refractivity contribution in [2.75, 3.05) is 0 Å². The maximum absolute atomic E-state index is 11.3.